The lowest BCUT2D eigenvalue weighted by Gasteiger charge is -2.37. The number of benzene rings is 1. The van der Waals surface area contributed by atoms with E-state index in [1.54, 1.807) is 32.0 Å². The molecule has 0 bridgehead atoms. The number of hydrogen-bond donors (Lipinski definition) is 3. The Bertz CT molecular complexity index is 1280. The van der Waals surface area contributed by atoms with Gasteiger partial charge in [-0.15, -0.1) is 0 Å². The number of aliphatic hydroxyl groups is 1. The highest BCUT2D eigenvalue weighted by Gasteiger charge is 2.29. The van der Waals surface area contributed by atoms with Crippen LogP contribution in [0.15, 0.2) is 36.5 Å². The third-order valence-corrected chi connectivity index (χ3v) is 6.52. The predicted octanol–water partition coefficient (Wildman–Crippen LogP) is 4.32. The van der Waals surface area contributed by atoms with Gasteiger partial charge in [-0.25, -0.2) is 9.97 Å². The second-order valence-electron chi connectivity index (χ2n) is 9.78. The Morgan fingerprint density at radius 1 is 1.18 bits per heavy atom. The molecule has 0 saturated heterocycles. The van der Waals surface area contributed by atoms with Crippen molar-refractivity contribution in [1.82, 2.24) is 19.9 Å². The first kappa shape index (κ1) is 22.3. The summed E-state index contributed by atoms with van der Waals surface area (Å²) in [7, 11) is 2.18. The summed E-state index contributed by atoms with van der Waals surface area (Å²) in [6.07, 6.45) is 5.08. The van der Waals surface area contributed by atoms with Crippen LogP contribution in [0.2, 0.25) is 0 Å². The number of pyridine rings is 1. The van der Waals surface area contributed by atoms with E-state index in [1.807, 2.05) is 0 Å². The molecule has 1 aliphatic heterocycles. The van der Waals surface area contributed by atoms with E-state index >= 15 is 0 Å². The lowest BCUT2D eigenvalue weighted by Crippen LogP contribution is -2.33. The number of aromatic nitrogens is 3. The first-order valence-corrected chi connectivity index (χ1v) is 11.7. The molecule has 0 amide bonds. The maximum Gasteiger partial charge on any atom is 0.229 e. The zero-order valence-electron chi connectivity index (χ0n) is 19.8. The van der Waals surface area contributed by atoms with Crippen molar-refractivity contribution >= 4 is 23.3 Å². The summed E-state index contributed by atoms with van der Waals surface area (Å²) < 4.78 is 0. The molecule has 3 N–H and O–H groups in total. The van der Waals surface area contributed by atoms with Crippen molar-refractivity contribution in [3.05, 3.63) is 64.5 Å². The van der Waals surface area contributed by atoms with Crippen molar-refractivity contribution in [2.45, 2.75) is 51.2 Å². The molecule has 1 unspecified atom stereocenters. The molecular weight excluding hydrogens is 426 g/mol. The van der Waals surface area contributed by atoms with E-state index in [9.17, 15) is 10.4 Å². The zero-order chi connectivity index (χ0) is 23.9. The van der Waals surface area contributed by atoms with Crippen LogP contribution in [-0.4, -0.2) is 38.6 Å². The summed E-state index contributed by atoms with van der Waals surface area (Å²) in [5, 5.41) is 26.3. The monoisotopic (exact) mass is 455 g/mol. The maximum absolute atomic E-state index is 10.3. The van der Waals surface area contributed by atoms with Crippen molar-refractivity contribution in [2.24, 2.45) is 0 Å². The van der Waals surface area contributed by atoms with Gasteiger partial charge in [-0.3, -0.25) is 0 Å². The van der Waals surface area contributed by atoms with E-state index in [4.69, 9.17) is 0 Å². The molecule has 0 spiro atoms. The fourth-order valence-electron chi connectivity index (χ4n) is 5.03. The minimum absolute atomic E-state index is 0.311. The highest BCUT2D eigenvalue weighted by molar-refractivity contribution is 5.65. The summed E-state index contributed by atoms with van der Waals surface area (Å²) in [6, 6.07) is 11.9. The quantitative estimate of drug-likeness (QED) is 0.522. The van der Waals surface area contributed by atoms with Gasteiger partial charge >= 0.3 is 0 Å². The Balaban J connectivity index is 1.44. The standard InChI is InChI=1S/C26H29N7O/c1-26(2,34)21-8-5-9-22(30-21)31-24-19(12-27)13-28-25(32-24)29-20-10-16-6-4-7-17-14-33(3)15-18(11-20)23(16)17/h5,8-11,13,17,34H,4,6-7,14-15H2,1-3H3,(H2,28,29,30,31,32). The van der Waals surface area contributed by atoms with E-state index < -0.39 is 5.60 Å². The second kappa shape index (κ2) is 8.67. The Morgan fingerprint density at radius 2 is 2.00 bits per heavy atom. The molecule has 0 fully saturated rings. The van der Waals surface area contributed by atoms with Crippen LogP contribution in [0.4, 0.5) is 23.3 Å². The topological polar surface area (TPSA) is 110 Å². The fourth-order valence-corrected chi connectivity index (χ4v) is 5.03. The van der Waals surface area contributed by atoms with Gasteiger partial charge in [0.1, 0.15) is 23.1 Å². The molecule has 1 aromatic carbocycles. The summed E-state index contributed by atoms with van der Waals surface area (Å²) in [5.74, 6) is 1.89. The Kier molecular flexibility index (Phi) is 5.68. The number of nitriles is 1. The van der Waals surface area contributed by atoms with Crippen LogP contribution < -0.4 is 10.6 Å². The highest BCUT2D eigenvalue weighted by Crippen LogP contribution is 2.40. The van der Waals surface area contributed by atoms with E-state index in [0.29, 0.717) is 34.8 Å². The minimum Gasteiger partial charge on any atom is -0.384 e. The number of likely N-dealkylation sites (N-methyl/N-ethyl adjacent to an activating group) is 1. The van der Waals surface area contributed by atoms with Crippen molar-refractivity contribution in [3.8, 4) is 6.07 Å². The van der Waals surface area contributed by atoms with Crippen LogP contribution in [0.3, 0.4) is 0 Å². The van der Waals surface area contributed by atoms with Crippen LogP contribution in [0.1, 0.15) is 60.6 Å². The molecule has 8 nitrogen and oxygen atoms in total. The number of nitrogens with one attached hydrogen (secondary N) is 2. The summed E-state index contributed by atoms with van der Waals surface area (Å²) in [4.78, 5) is 15.8. The Morgan fingerprint density at radius 3 is 2.79 bits per heavy atom. The van der Waals surface area contributed by atoms with Crippen LogP contribution in [0.5, 0.6) is 0 Å². The predicted molar refractivity (Wildman–Crippen MR) is 131 cm³/mol. The summed E-state index contributed by atoms with van der Waals surface area (Å²) >= 11 is 0. The van der Waals surface area contributed by atoms with E-state index in [1.165, 1.54) is 35.7 Å². The summed E-state index contributed by atoms with van der Waals surface area (Å²) in [6.45, 7) is 5.43. The van der Waals surface area contributed by atoms with Gasteiger partial charge < -0.3 is 20.6 Å². The zero-order valence-corrected chi connectivity index (χ0v) is 19.8. The molecule has 3 heterocycles. The molecule has 1 atom stereocenters. The normalized spacial score (nSPS) is 17.6. The second-order valence-corrected chi connectivity index (χ2v) is 9.78. The molecule has 5 rings (SSSR count). The number of aryl methyl sites for hydroxylation is 1. The number of hydrogen-bond acceptors (Lipinski definition) is 8. The van der Waals surface area contributed by atoms with Gasteiger partial charge in [0.2, 0.25) is 5.95 Å². The van der Waals surface area contributed by atoms with Gasteiger partial charge in [-0.05, 0) is 87.0 Å². The minimum atomic E-state index is -1.08. The molecule has 8 heteroatoms. The van der Waals surface area contributed by atoms with E-state index in [0.717, 1.165) is 25.2 Å². The van der Waals surface area contributed by atoms with E-state index in [2.05, 4.69) is 55.7 Å². The first-order valence-electron chi connectivity index (χ1n) is 11.7. The van der Waals surface area contributed by atoms with Crippen molar-refractivity contribution in [1.29, 1.82) is 5.26 Å². The number of nitrogens with zero attached hydrogens (tertiary/aromatic N) is 5. The third-order valence-electron chi connectivity index (χ3n) is 6.52. The average molecular weight is 456 g/mol. The van der Waals surface area contributed by atoms with Crippen LogP contribution in [0.25, 0.3) is 0 Å². The lowest BCUT2D eigenvalue weighted by atomic mass is 9.77. The Hall–Kier alpha value is -3.54. The molecule has 0 saturated carbocycles. The van der Waals surface area contributed by atoms with Crippen LogP contribution >= 0.6 is 0 Å². The summed E-state index contributed by atoms with van der Waals surface area (Å²) in [5.41, 5.74) is 5.05. The molecule has 2 aliphatic rings. The molecule has 2 aromatic heterocycles. The molecule has 0 radical (unpaired) electrons. The molecule has 174 valence electrons. The maximum atomic E-state index is 10.3. The average Bonchev–Trinajstić information content (AvgIpc) is 2.79. The van der Waals surface area contributed by atoms with Crippen LogP contribution in [-0.2, 0) is 18.6 Å². The SMILES string of the molecule is CN1Cc2cc(Nc3ncc(C#N)c(Nc4cccc(C(C)(C)O)n4)n3)cc3c2C(CCC3)C1. The molecule has 3 aromatic rings. The van der Waals surface area contributed by atoms with Gasteiger partial charge in [-0.1, -0.05) is 6.07 Å². The van der Waals surface area contributed by atoms with Gasteiger partial charge in [0.25, 0.3) is 0 Å². The largest absolute Gasteiger partial charge is 0.384 e. The molecule has 34 heavy (non-hydrogen) atoms. The Labute approximate surface area is 199 Å². The van der Waals surface area contributed by atoms with Crippen molar-refractivity contribution in [3.63, 3.8) is 0 Å². The number of anilines is 4. The van der Waals surface area contributed by atoms with Gasteiger partial charge in [0, 0.05) is 18.8 Å². The van der Waals surface area contributed by atoms with Crippen molar-refractivity contribution < 1.29 is 5.11 Å². The van der Waals surface area contributed by atoms with Gasteiger partial charge in [0.05, 0.1) is 11.9 Å². The van der Waals surface area contributed by atoms with E-state index in [-0.39, 0.29) is 0 Å². The molecule has 1 aliphatic carbocycles. The first-order chi connectivity index (χ1) is 16.3. The number of rotatable bonds is 5. The highest BCUT2D eigenvalue weighted by atomic mass is 16.3. The molecular formula is C26H29N7O. The smallest absolute Gasteiger partial charge is 0.229 e. The van der Waals surface area contributed by atoms with Crippen LogP contribution in [0, 0.1) is 11.3 Å². The fraction of sp³-hybridized carbons (Fsp3) is 0.385. The third kappa shape index (κ3) is 4.45. The van der Waals surface area contributed by atoms with Gasteiger partial charge in [0.15, 0.2) is 5.82 Å². The van der Waals surface area contributed by atoms with Gasteiger partial charge in [-0.2, -0.15) is 10.2 Å². The van der Waals surface area contributed by atoms with Crippen molar-refractivity contribution in [2.75, 3.05) is 24.2 Å². The lowest BCUT2D eigenvalue weighted by molar-refractivity contribution is 0.0740.